The number of primary amides is 1. The molecule has 3 N–H and O–H groups in total. The number of hydrogen-bond donors (Lipinski definition) is 2. The zero-order valence-electron chi connectivity index (χ0n) is 13.9. The summed E-state index contributed by atoms with van der Waals surface area (Å²) >= 11 is 1.57. The van der Waals surface area contributed by atoms with Crippen LogP contribution in [0.15, 0.2) is 53.0 Å². The van der Waals surface area contributed by atoms with E-state index in [9.17, 15) is 4.79 Å². The van der Waals surface area contributed by atoms with Crippen molar-refractivity contribution in [2.45, 2.75) is 19.9 Å². The lowest BCUT2D eigenvalue weighted by atomic mass is 10.0. The Morgan fingerprint density at radius 2 is 2.12 bits per heavy atom. The van der Waals surface area contributed by atoms with E-state index in [4.69, 9.17) is 5.73 Å². The monoisotopic (exact) mass is 351 g/mol. The van der Waals surface area contributed by atoms with Crippen LogP contribution in [0.25, 0.3) is 11.4 Å². The Balaban J connectivity index is 1.88. The van der Waals surface area contributed by atoms with Gasteiger partial charge in [-0.25, -0.2) is 4.68 Å². The molecule has 0 bridgehead atoms. The molecular formula is C18H17N5OS. The number of nitrogens with zero attached hydrogens (tertiary/aromatic N) is 3. The molecule has 2 aromatic heterocycles. The SMILES string of the molecule is CC1=C(C(N)=O)[C@H](c2cccs2)n2nc(-c3cccc(C)c3)nc2N1. The largest absolute Gasteiger partial charge is 0.366 e. The second-order valence-corrected chi connectivity index (χ2v) is 7.00. The summed E-state index contributed by atoms with van der Waals surface area (Å²) in [5, 5.41) is 9.81. The van der Waals surface area contributed by atoms with Gasteiger partial charge in [-0.1, -0.05) is 29.8 Å². The molecule has 3 heterocycles. The zero-order chi connectivity index (χ0) is 17.6. The van der Waals surface area contributed by atoms with Gasteiger partial charge in [0.25, 0.3) is 0 Å². The lowest BCUT2D eigenvalue weighted by molar-refractivity contribution is -0.115. The molecule has 1 aliphatic rings. The van der Waals surface area contributed by atoms with Crippen molar-refractivity contribution >= 4 is 23.2 Å². The van der Waals surface area contributed by atoms with E-state index in [0.29, 0.717) is 23.0 Å². The third kappa shape index (κ3) is 2.62. The van der Waals surface area contributed by atoms with Crippen molar-refractivity contribution in [3.63, 3.8) is 0 Å². The maximum atomic E-state index is 12.1. The summed E-state index contributed by atoms with van der Waals surface area (Å²) in [6, 6.07) is 11.6. The lowest BCUT2D eigenvalue weighted by Gasteiger charge is -2.26. The fourth-order valence-corrected chi connectivity index (χ4v) is 3.90. The van der Waals surface area contributed by atoms with Crippen LogP contribution < -0.4 is 11.1 Å². The second kappa shape index (κ2) is 5.86. The Kier molecular flexibility index (Phi) is 3.65. The van der Waals surface area contributed by atoms with Gasteiger partial charge in [-0.2, -0.15) is 4.98 Å². The van der Waals surface area contributed by atoms with Crippen molar-refractivity contribution < 1.29 is 4.79 Å². The number of amides is 1. The fourth-order valence-electron chi connectivity index (χ4n) is 3.09. The number of thiophene rings is 1. The first kappa shape index (κ1) is 15.6. The number of allylic oxidation sites excluding steroid dienone is 1. The van der Waals surface area contributed by atoms with Gasteiger partial charge >= 0.3 is 0 Å². The van der Waals surface area contributed by atoms with Gasteiger partial charge in [0.1, 0.15) is 6.04 Å². The summed E-state index contributed by atoms with van der Waals surface area (Å²) in [4.78, 5) is 17.7. The average molecular weight is 351 g/mol. The number of hydrogen-bond acceptors (Lipinski definition) is 5. The molecule has 1 aliphatic heterocycles. The topological polar surface area (TPSA) is 85.8 Å². The van der Waals surface area contributed by atoms with E-state index in [1.54, 1.807) is 16.0 Å². The summed E-state index contributed by atoms with van der Waals surface area (Å²) in [6.45, 7) is 3.87. The molecule has 1 atom stereocenters. The number of fused-ring (bicyclic) bond motifs is 1. The molecular weight excluding hydrogens is 334 g/mol. The lowest BCUT2D eigenvalue weighted by Crippen LogP contribution is -2.31. The number of benzene rings is 1. The van der Waals surface area contributed by atoms with Crippen LogP contribution >= 0.6 is 11.3 Å². The van der Waals surface area contributed by atoms with Crippen molar-refractivity contribution in [2.24, 2.45) is 5.73 Å². The molecule has 1 amide bonds. The van der Waals surface area contributed by atoms with Gasteiger partial charge in [0, 0.05) is 16.1 Å². The highest BCUT2D eigenvalue weighted by Crippen LogP contribution is 2.37. The van der Waals surface area contributed by atoms with E-state index >= 15 is 0 Å². The highest BCUT2D eigenvalue weighted by Gasteiger charge is 2.33. The van der Waals surface area contributed by atoms with Crippen molar-refractivity contribution in [1.29, 1.82) is 0 Å². The number of anilines is 1. The molecule has 0 unspecified atom stereocenters. The van der Waals surface area contributed by atoms with Crippen LogP contribution in [0.3, 0.4) is 0 Å². The maximum Gasteiger partial charge on any atom is 0.248 e. The van der Waals surface area contributed by atoms with Crippen molar-refractivity contribution in [1.82, 2.24) is 14.8 Å². The number of carbonyl (C=O) groups excluding carboxylic acids is 1. The molecule has 7 heteroatoms. The minimum Gasteiger partial charge on any atom is -0.366 e. The molecule has 0 saturated heterocycles. The molecule has 3 aromatic rings. The Bertz CT molecular complexity index is 987. The Labute approximate surface area is 149 Å². The van der Waals surface area contributed by atoms with Crippen molar-refractivity contribution in [3.05, 3.63) is 63.5 Å². The molecule has 25 heavy (non-hydrogen) atoms. The van der Waals surface area contributed by atoms with E-state index in [1.807, 2.05) is 55.6 Å². The molecule has 4 rings (SSSR count). The van der Waals surface area contributed by atoms with Gasteiger partial charge in [0.2, 0.25) is 11.9 Å². The minimum atomic E-state index is -0.457. The van der Waals surface area contributed by atoms with Crippen LogP contribution in [0.4, 0.5) is 5.95 Å². The predicted molar refractivity (Wildman–Crippen MR) is 98.2 cm³/mol. The normalized spacial score (nSPS) is 16.5. The standard InChI is InChI=1S/C18H17N5OS/c1-10-5-3-6-12(9-10)17-21-18-20-11(2)14(16(19)24)15(23(18)22-17)13-7-4-8-25-13/h3-9,15H,1-2H3,(H2,19,24)(H,20,21,22)/t15-/m0/s1. The number of aromatic nitrogens is 3. The fraction of sp³-hybridized carbons (Fsp3) is 0.167. The Morgan fingerprint density at radius 1 is 1.28 bits per heavy atom. The first-order valence-corrected chi connectivity index (χ1v) is 8.77. The van der Waals surface area contributed by atoms with Gasteiger partial charge in [-0.15, -0.1) is 16.4 Å². The van der Waals surface area contributed by atoms with Crippen LogP contribution in [-0.2, 0) is 4.79 Å². The highest BCUT2D eigenvalue weighted by atomic mass is 32.1. The smallest absolute Gasteiger partial charge is 0.248 e. The van der Waals surface area contributed by atoms with Crippen LogP contribution in [0.1, 0.15) is 23.4 Å². The van der Waals surface area contributed by atoms with Gasteiger partial charge < -0.3 is 11.1 Å². The molecule has 126 valence electrons. The number of carbonyl (C=O) groups is 1. The van der Waals surface area contributed by atoms with Crippen LogP contribution in [0, 0.1) is 6.92 Å². The Hall–Kier alpha value is -2.93. The van der Waals surface area contributed by atoms with Crippen LogP contribution in [-0.4, -0.2) is 20.7 Å². The van der Waals surface area contributed by atoms with E-state index in [0.717, 1.165) is 16.0 Å². The average Bonchev–Trinajstić information content (AvgIpc) is 3.22. The van der Waals surface area contributed by atoms with Gasteiger partial charge in [-0.05, 0) is 31.4 Å². The molecule has 6 nitrogen and oxygen atoms in total. The van der Waals surface area contributed by atoms with Crippen LogP contribution in [0.5, 0.6) is 0 Å². The zero-order valence-corrected chi connectivity index (χ0v) is 14.7. The Morgan fingerprint density at radius 3 is 2.80 bits per heavy atom. The molecule has 0 spiro atoms. The van der Waals surface area contributed by atoms with Gasteiger partial charge in [0.05, 0.1) is 5.57 Å². The second-order valence-electron chi connectivity index (χ2n) is 6.02. The third-order valence-corrected chi connectivity index (χ3v) is 5.13. The molecule has 0 saturated carbocycles. The van der Waals surface area contributed by atoms with Crippen molar-refractivity contribution in [2.75, 3.05) is 5.32 Å². The number of rotatable bonds is 3. The number of nitrogens with one attached hydrogen (secondary N) is 1. The summed E-state index contributed by atoms with van der Waals surface area (Å²) in [7, 11) is 0. The maximum absolute atomic E-state index is 12.1. The molecule has 1 aromatic carbocycles. The quantitative estimate of drug-likeness (QED) is 0.759. The van der Waals surface area contributed by atoms with E-state index in [-0.39, 0.29) is 6.04 Å². The predicted octanol–water partition coefficient (Wildman–Crippen LogP) is 3.09. The molecule has 0 aliphatic carbocycles. The number of nitrogens with two attached hydrogens (primary N) is 1. The van der Waals surface area contributed by atoms with E-state index in [2.05, 4.69) is 15.4 Å². The van der Waals surface area contributed by atoms with Gasteiger partial charge in [-0.3, -0.25) is 4.79 Å². The third-order valence-electron chi connectivity index (χ3n) is 4.21. The van der Waals surface area contributed by atoms with E-state index in [1.165, 1.54) is 0 Å². The van der Waals surface area contributed by atoms with E-state index < -0.39 is 5.91 Å². The minimum absolute atomic E-state index is 0.361. The first-order valence-electron chi connectivity index (χ1n) is 7.89. The highest BCUT2D eigenvalue weighted by molar-refractivity contribution is 7.10. The summed E-state index contributed by atoms with van der Waals surface area (Å²) < 4.78 is 1.75. The summed E-state index contributed by atoms with van der Waals surface area (Å²) in [5.74, 6) is 0.769. The summed E-state index contributed by atoms with van der Waals surface area (Å²) in [6.07, 6.45) is 0. The molecule has 0 fully saturated rings. The molecule has 0 radical (unpaired) electrons. The summed E-state index contributed by atoms with van der Waals surface area (Å²) in [5.41, 5.74) is 8.95. The van der Waals surface area contributed by atoms with Crippen molar-refractivity contribution in [3.8, 4) is 11.4 Å². The first-order chi connectivity index (χ1) is 12.0. The number of aryl methyl sites for hydroxylation is 1. The van der Waals surface area contributed by atoms with Crippen LogP contribution in [0.2, 0.25) is 0 Å². The van der Waals surface area contributed by atoms with Gasteiger partial charge in [0.15, 0.2) is 5.82 Å².